The van der Waals surface area contributed by atoms with Crippen molar-refractivity contribution in [2.75, 3.05) is 36.0 Å². The van der Waals surface area contributed by atoms with Crippen LogP contribution in [0.25, 0.3) is 0 Å². The van der Waals surface area contributed by atoms with Crippen LogP contribution in [0.15, 0.2) is 42.5 Å². The molecular weight excluding hydrogens is 378 g/mol. The zero-order valence-corrected chi connectivity index (χ0v) is 17.7. The highest BCUT2D eigenvalue weighted by molar-refractivity contribution is 6.22. The molecule has 0 spiro atoms. The fourth-order valence-corrected chi connectivity index (χ4v) is 4.24. The van der Waals surface area contributed by atoms with E-state index in [0.717, 1.165) is 43.0 Å². The Morgan fingerprint density at radius 2 is 1.50 bits per heavy atom. The Morgan fingerprint density at radius 1 is 0.867 bits per heavy atom. The van der Waals surface area contributed by atoms with E-state index >= 15 is 0 Å². The summed E-state index contributed by atoms with van der Waals surface area (Å²) in [6.07, 6.45) is 0.235. The highest BCUT2D eigenvalue weighted by Gasteiger charge is 2.43. The molecule has 6 nitrogen and oxygen atoms in total. The first-order valence-corrected chi connectivity index (χ1v) is 10.4. The molecule has 30 heavy (non-hydrogen) atoms. The van der Waals surface area contributed by atoms with Gasteiger partial charge in [0.05, 0.1) is 18.2 Å². The van der Waals surface area contributed by atoms with Crippen molar-refractivity contribution < 1.29 is 14.4 Å². The summed E-state index contributed by atoms with van der Waals surface area (Å²) in [6.45, 7) is 8.57. The molecule has 4 rings (SSSR count). The van der Waals surface area contributed by atoms with Crippen LogP contribution in [0.3, 0.4) is 0 Å². The van der Waals surface area contributed by atoms with E-state index in [1.165, 1.54) is 4.90 Å². The fraction of sp³-hybridized carbons (Fsp3) is 0.375. The van der Waals surface area contributed by atoms with Gasteiger partial charge in [0, 0.05) is 37.4 Å². The number of rotatable bonds is 4. The van der Waals surface area contributed by atoms with Gasteiger partial charge in [-0.2, -0.15) is 0 Å². The van der Waals surface area contributed by atoms with Gasteiger partial charge in [0.2, 0.25) is 5.91 Å². The number of amides is 2. The third-order valence-electron chi connectivity index (χ3n) is 6.27. The summed E-state index contributed by atoms with van der Waals surface area (Å²) in [4.78, 5) is 42.9. The molecule has 2 aliphatic rings. The zero-order chi connectivity index (χ0) is 21.4. The molecule has 0 N–H and O–H groups in total. The lowest BCUT2D eigenvalue weighted by Crippen LogP contribution is -2.52. The number of hydrogen-bond acceptors (Lipinski definition) is 5. The van der Waals surface area contributed by atoms with E-state index in [1.807, 2.05) is 56.3 Å². The Bertz CT molecular complexity index is 991. The Morgan fingerprint density at radius 3 is 2.10 bits per heavy atom. The molecule has 2 aliphatic heterocycles. The van der Waals surface area contributed by atoms with E-state index in [9.17, 15) is 14.4 Å². The molecule has 2 heterocycles. The van der Waals surface area contributed by atoms with Crippen molar-refractivity contribution in [1.82, 2.24) is 4.90 Å². The van der Waals surface area contributed by atoms with Gasteiger partial charge in [0.15, 0.2) is 5.78 Å². The number of hydrogen-bond donors (Lipinski definition) is 0. The van der Waals surface area contributed by atoms with E-state index < -0.39 is 0 Å². The highest BCUT2D eigenvalue weighted by Crippen LogP contribution is 2.28. The SMILES string of the molecule is CC(=O)c1ccc(N2CCN([C@@H]3CC(=O)N(c4ccc(C)c(C)c4)C3=O)CC2)cc1. The number of nitrogens with zero attached hydrogens (tertiary/aromatic N) is 3. The monoisotopic (exact) mass is 405 g/mol. The number of ketones is 1. The Hall–Kier alpha value is -2.99. The summed E-state index contributed by atoms with van der Waals surface area (Å²) in [6, 6.07) is 13.0. The first-order chi connectivity index (χ1) is 14.3. The van der Waals surface area contributed by atoms with Crippen LogP contribution in [-0.4, -0.2) is 54.7 Å². The standard InChI is InChI=1S/C24H27N3O3/c1-16-4-7-21(14-17(16)2)27-23(29)15-22(24(27)30)26-12-10-25(11-13-26)20-8-5-19(6-9-20)18(3)28/h4-9,14,22H,10-13,15H2,1-3H3/t22-/m1/s1. The minimum Gasteiger partial charge on any atom is -0.369 e. The van der Waals surface area contributed by atoms with Crippen molar-refractivity contribution in [1.29, 1.82) is 0 Å². The second-order valence-corrected chi connectivity index (χ2v) is 8.18. The maximum atomic E-state index is 13.1. The van der Waals surface area contributed by atoms with E-state index in [1.54, 1.807) is 6.92 Å². The first-order valence-electron chi connectivity index (χ1n) is 10.4. The lowest BCUT2D eigenvalue weighted by molar-refractivity contribution is -0.123. The molecule has 2 amide bonds. The lowest BCUT2D eigenvalue weighted by Gasteiger charge is -2.38. The second-order valence-electron chi connectivity index (χ2n) is 8.18. The Balaban J connectivity index is 1.42. The summed E-state index contributed by atoms with van der Waals surface area (Å²) in [5, 5.41) is 0. The normalized spacial score (nSPS) is 20.2. The third kappa shape index (κ3) is 3.75. The van der Waals surface area contributed by atoms with Gasteiger partial charge < -0.3 is 4.90 Å². The molecule has 1 atom stereocenters. The fourth-order valence-electron chi connectivity index (χ4n) is 4.24. The average molecular weight is 405 g/mol. The van der Waals surface area contributed by atoms with Crippen LogP contribution in [0.5, 0.6) is 0 Å². The Labute approximate surface area is 177 Å². The molecule has 2 aromatic rings. The van der Waals surface area contributed by atoms with Crippen LogP contribution in [0, 0.1) is 13.8 Å². The molecule has 6 heteroatoms. The molecule has 0 aliphatic carbocycles. The number of carbonyl (C=O) groups is 3. The maximum Gasteiger partial charge on any atom is 0.251 e. The number of Topliss-reactive ketones (excluding diaryl/α,β-unsaturated/α-hetero) is 1. The zero-order valence-electron chi connectivity index (χ0n) is 17.7. The van der Waals surface area contributed by atoms with Crippen LogP contribution in [0.4, 0.5) is 11.4 Å². The van der Waals surface area contributed by atoms with Gasteiger partial charge >= 0.3 is 0 Å². The number of imide groups is 1. The molecule has 2 saturated heterocycles. The quantitative estimate of drug-likeness (QED) is 0.578. The van der Waals surface area contributed by atoms with Crippen LogP contribution in [-0.2, 0) is 9.59 Å². The summed E-state index contributed by atoms with van der Waals surface area (Å²) in [7, 11) is 0. The lowest BCUT2D eigenvalue weighted by atomic mass is 10.1. The van der Waals surface area contributed by atoms with Gasteiger partial charge in [0.25, 0.3) is 5.91 Å². The molecule has 156 valence electrons. The number of benzene rings is 2. The van der Waals surface area contributed by atoms with E-state index in [0.29, 0.717) is 11.3 Å². The molecule has 2 aromatic carbocycles. The van der Waals surface area contributed by atoms with Gasteiger partial charge in [0.1, 0.15) is 0 Å². The predicted octanol–water partition coefficient (Wildman–Crippen LogP) is 2.96. The number of aryl methyl sites for hydroxylation is 2. The number of anilines is 2. The van der Waals surface area contributed by atoms with E-state index in [2.05, 4.69) is 9.80 Å². The van der Waals surface area contributed by atoms with E-state index in [-0.39, 0.29) is 30.1 Å². The van der Waals surface area contributed by atoms with Crippen molar-refractivity contribution >= 4 is 29.0 Å². The molecule has 2 fully saturated rings. The number of piperazine rings is 1. The minimum absolute atomic E-state index is 0.0594. The van der Waals surface area contributed by atoms with Gasteiger partial charge in [-0.15, -0.1) is 0 Å². The van der Waals surface area contributed by atoms with Crippen LogP contribution in [0.2, 0.25) is 0 Å². The smallest absolute Gasteiger partial charge is 0.251 e. The second kappa shape index (κ2) is 8.03. The molecule has 0 unspecified atom stereocenters. The molecule has 0 radical (unpaired) electrons. The van der Waals surface area contributed by atoms with Crippen molar-refractivity contribution in [2.45, 2.75) is 33.2 Å². The summed E-state index contributed by atoms with van der Waals surface area (Å²) < 4.78 is 0. The average Bonchev–Trinajstić information content (AvgIpc) is 3.04. The maximum absolute atomic E-state index is 13.1. The van der Waals surface area contributed by atoms with E-state index in [4.69, 9.17) is 0 Å². The van der Waals surface area contributed by atoms with Crippen LogP contribution < -0.4 is 9.80 Å². The molecular formula is C24H27N3O3. The van der Waals surface area contributed by atoms with Crippen LogP contribution >= 0.6 is 0 Å². The third-order valence-corrected chi connectivity index (χ3v) is 6.27. The molecule has 0 saturated carbocycles. The first kappa shape index (κ1) is 20.3. The molecule has 0 aromatic heterocycles. The van der Waals surface area contributed by atoms with Crippen molar-refractivity contribution in [3.8, 4) is 0 Å². The summed E-state index contributed by atoms with van der Waals surface area (Å²) in [5.41, 5.74) is 4.66. The predicted molar refractivity (Wildman–Crippen MR) is 117 cm³/mol. The van der Waals surface area contributed by atoms with Gasteiger partial charge in [-0.05, 0) is 68.3 Å². The van der Waals surface area contributed by atoms with Gasteiger partial charge in [-0.25, -0.2) is 4.90 Å². The van der Waals surface area contributed by atoms with Crippen molar-refractivity contribution in [3.05, 3.63) is 59.2 Å². The van der Waals surface area contributed by atoms with Gasteiger partial charge in [-0.1, -0.05) is 6.07 Å². The Kier molecular flexibility index (Phi) is 5.43. The number of carbonyl (C=O) groups excluding carboxylic acids is 3. The van der Waals surface area contributed by atoms with Gasteiger partial charge in [-0.3, -0.25) is 19.3 Å². The van der Waals surface area contributed by atoms with Crippen molar-refractivity contribution in [3.63, 3.8) is 0 Å². The summed E-state index contributed by atoms with van der Waals surface area (Å²) >= 11 is 0. The molecule has 0 bridgehead atoms. The highest BCUT2D eigenvalue weighted by atomic mass is 16.2. The summed E-state index contributed by atoms with van der Waals surface area (Å²) in [5.74, 6) is -0.192. The topological polar surface area (TPSA) is 60.9 Å². The minimum atomic E-state index is -0.388. The largest absolute Gasteiger partial charge is 0.369 e. The van der Waals surface area contributed by atoms with Crippen LogP contribution in [0.1, 0.15) is 34.8 Å². The van der Waals surface area contributed by atoms with Crippen molar-refractivity contribution in [2.24, 2.45) is 0 Å².